The number of hydrogen-bond donors (Lipinski definition) is 2. The summed E-state index contributed by atoms with van der Waals surface area (Å²) in [6.07, 6.45) is -2.42. The number of aliphatic hydroxyl groups excluding tert-OH is 2. The summed E-state index contributed by atoms with van der Waals surface area (Å²) >= 11 is 0. The van der Waals surface area contributed by atoms with E-state index in [1.807, 2.05) is 0 Å². The van der Waals surface area contributed by atoms with Gasteiger partial charge in [-0.05, 0) is 25.1 Å². The Bertz CT molecular complexity index is 471. The average molecular weight is 282 g/mol. The van der Waals surface area contributed by atoms with Crippen molar-refractivity contribution in [3.05, 3.63) is 29.3 Å². The Morgan fingerprint density at radius 3 is 2.65 bits per heavy atom. The van der Waals surface area contributed by atoms with E-state index >= 15 is 0 Å². The number of esters is 1. The number of carbonyl (C=O) groups is 2. The molecule has 1 aromatic rings. The minimum Gasteiger partial charge on any atom is -0.496 e. The fraction of sp³-hybridized carbons (Fsp3) is 0.429. The first-order chi connectivity index (χ1) is 9.53. The highest BCUT2D eigenvalue weighted by molar-refractivity contribution is 5.76. The lowest BCUT2D eigenvalue weighted by molar-refractivity contribution is -0.147. The van der Waals surface area contributed by atoms with Gasteiger partial charge in [-0.1, -0.05) is 0 Å². The average Bonchev–Trinajstić information content (AvgIpc) is 2.45. The maximum absolute atomic E-state index is 11.3. The van der Waals surface area contributed by atoms with Gasteiger partial charge in [0.25, 0.3) is 0 Å². The highest BCUT2D eigenvalue weighted by Crippen LogP contribution is 2.29. The lowest BCUT2D eigenvalue weighted by Crippen LogP contribution is -2.23. The van der Waals surface area contributed by atoms with Crippen LogP contribution < -0.4 is 4.74 Å². The van der Waals surface area contributed by atoms with Crippen LogP contribution in [0.4, 0.5) is 0 Å². The molecule has 0 heterocycles. The van der Waals surface area contributed by atoms with Crippen molar-refractivity contribution in [1.29, 1.82) is 0 Å². The van der Waals surface area contributed by atoms with Crippen molar-refractivity contribution in [2.75, 3.05) is 13.7 Å². The molecule has 0 radical (unpaired) electrons. The van der Waals surface area contributed by atoms with Crippen LogP contribution in [0.5, 0.6) is 5.75 Å². The number of hydrogen-bond acceptors (Lipinski definition) is 6. The second kappa shape index (κ2) is 7.62. The van der Waals surface area contributed by atoms with Crippen LogP contribution in [0.3, 0.4) is 0 Å². The third-order valence-electron chi connectivity index (χ3n) is 2.75. The van der Waals surface area contributed by atoms with Crippen LogP contribution in [-0.2, 0) is 9.53 Å². The Balaban J connectivity index is 2.91. The molecule has 20 heavy (non-hydrogen) atoms. The molecular formula is C14H18O6. The van der Waals surface area contributed by atoms with Crippen LogP contribution in [0.25, 0.3) is 0 Å². The Kier molecular flexibility index (Phi) is 6.14. The summed E-state index contributed by atoms with van der Waals surface area (Å²) < 4.78 is 9.77. The van der Waals surface area contributed by atoms with E-state index in [-0.39, 0.29) is 18.6 Å². The van der Waals surface area contributed by atoms with Crippen molar-refractivity contribution in [2.45, 2.75) is 25.6 Å². The molecule has 110 valence electrons. The topological polar surface area (TPSA) is 93.1 Å². The van der Waals surface area contributed by atoms with E-state index in [1.54, 1.807) is 6.92 Å². The zero-order chi connectivity index (χ0) is 15.1. The molecule has 6 heteroatoms. The van der Waals surface area contributed by atoms with Crippen LogP contribution in [0.2, 0.25) is 0 Å². The molecule has 2 N–H and O–H groups in total. The van der Waals surface area contributed by atoms with Crippen molar-refractivity contribution in [3.63, 3.8) is 0 Å². The van der Waals surface area contributed by atoms with E-state index in [2.05, 4.69) is 0 Å². The SMILES string of the molecule is CCOC(=O)CC(O)C(O)c1cc(C=O)ccc1OC. The number of ether oxygens (including phenoxy) is 2. The van der Waals surface area contributed by atoms with Gasteiger partial charge >= 0.3 is 5.97 Å². The molecule has 2 atom stereocenters. The van der Waals surface area contributed by atoms with E-state index < -0.39 is 18.2 Å². The molecule has 0 fully saturated rings. The predicted octanol–water partition coefficient (Wildman–Crippen LogP) is 0.855. The van der Waals surface area contributed by atoms with Gasteiger partial charge < -0.3 is 19.7 Å². The maximum atomic E-state index is 11.3. The second-order valence-electron chi connectivity index (χ2n) is 4.14. The molecule has 0 saturated heterocycles. The number of benzene rings is 1. The largest absolute Gasteiger partial charge is 0.496 e. The second-order valence-corrected chi connectivity index (χ2v) is 4.14. The molecule has 0 aliphatic heterocycles. The minimum absolute atomic E-state index is 0.200. The molecular weight excluding hydrogens is 264 g/mol. The van der Waals surface area contributed by atoms with Gasteiger partial charge in [-0.2, -0.15) is 0 Å². The molecule has 0 spiro atoms. The summed E-state index contributed by atoms with van der Waals surface area (Å²) in [6, 6.07) is 4.45. The van der Waals surface area contributed by atoms with E-state index in [1.165, 1.54) is 25.3 Å². The van der Waals surface area contributed by atoms with Crippen LogP contribution in [-0.4, -0.2) is 42.3 Å². The van der Waals surface area contributed by atoms with Gasteiger partial charge in [-0.15, -0.1) is 0 Å². The minimum atomic E-state index is -1.35. The van der Waals surface area contributed by atoms with E-state index in [4.69, 9.17) is 9.47 Å². The fourth-order valence-corrected chi connectivity index (χ4v) is 1.77. The van der Waals surface area contributed by atoms with E-state index in [9.17, 15) is 19.8 Å². The smallest absolute Gasteiger partial charge is 0.308 e. The summed E-state index contributed by atoms with van der Waals surface area (Å²) in [5.41, 5.74) is 0.581. The third-order valence-corrected chi connectivity index (χ3v) is 2.75. The molecule has 0 aromatic heterocycles. The molecule has 0 saturated carbocycles. The highest BCUT2D eigenvalue weighted by atomic mass is 16.5. The monoisotopic (exact) mass is 282 g/mol. The standard InChI is InChI=1S/C14H18O6/c1-3-20-13(17)7-11(16)14(18)10-6-9(8-15)4-5-12(10)19-2/h4-6,8,11,14,16,18H,3,7H2,1-2H3. The predicted molar refractivity (Wildman–Crippen MR) is 70.6 cm³/mol. The third kappa shape index (κ3) is 4.04. The van der Waals surface area contributed by atoms with Gasteiger partial charge in [0.2, 0.25) is 0 Å². The van der Waals surface area contributed by atoms with Crippen molar-refractivity contribution in [3.8, 4) is 5.75 Å². The summed E-state index contributed by atoms with van der Waals surface area (Å²) in [7, 11) is 1.41. The Hall–Kier alpha value is -1.92. The summed E-state index contributed by atoms with van der Waals surface area (Å²) in [5.74, 6) is -0.282. The zero-order valence-corrected chi connectivity index (χ0v) is 11.4. The van der Waals surface area contributed by atoms with Crippen LogP contribution in [0.15, 0.2) is 18.2 Å². The summed E-state index contributed by atoms with van der Waals surface area (Å²) in [4.78, 5) is 22.0. The van der Waals surface area contributed by atoms with Crippen molar-refractivity contribution in [2.24, 2.45) is 0 Å². The van der Waals surface area contributed by atoms with Crippen molar-refractivity contribution >= 4 is 12.3 Å². The first-order valence-electron chi connectivity index (χ1n) is 6.18. The van der Waals surface area contributed by atoms with Gasteiger partial charge in [0.1, 0.15) is 18.1 Å². The van der Waals surface area contributed by atoms with Crippen LogP contribution in [0.1, 0.15) is 35.4 Å². The van der Waals surface area contributed by atoms with E-state index in [0.29, 0.717) is 17.6 Å². The number of carbonyl (C=O) groups excluding carboxylic acids is 2. The maximum Gasteiger partial charge on any atom is 0.308 e. The highest BCUT2D eigenvalue weighted by Gasteiger charge is 2.25. The first-order valence-corrected chi connectivity index (χ1v) is 6.18. The van der Waals surface area contributed by atoms with Gasteiger partial charge in [-0.25, -0.2) is 0 Å². The van der Waals surface area contributed by atoms with Gasteiger partial charge in [-0.3, -0.25) is 9.59 Å². The lowest BCUT2D eigenvalue weighted by atomic mass is 9.99. The molecule has 0 aliphatic rings. The molecule has 1 aromatic carbocycles. The van der Waals surface area contributed by atoms with E-state index in [0.717, 1.165) is 0 Å². The molecule has 0 aliphatic carbocycles. The van der Waals surface area contributed by atoms with Gasteiger partial charge in [0, 0.05) is 11.1 Å². The van der Waals surface area contributed by atoms with Gasteiger partial charge in [0.15, 0.2) is 0 Å². The molecule has 0 amide bonds. The Morgan fingerprint density at radius 2 is 2.10 bits per heavy atom. The quantitative estimate of drug-likeness (QED) is 0.569. The lowest BCUT2D eigenvalue weighted by Gasteiger charge is -2.20. The molecule has 6 nitrogen and oxygen atoms in total. The van der Waals surface area contributed by atoms with Crippen LogP contribution >= 0.6 is 0 Å². The van der Waals surface area contributed by atoms with Crippen molar-refractivity contribution in [1.82, 2.24) is 0 Å². The molecule has 0 bridgehead atoms. The first kappa shape index (κ1) is 16.1. The zero-order valence-electron chi connectivity index (χ0n) is 11.4. The normalized spacial score (nSPS) is 13.4. The number of rotatable bonds is 7. The fourth-order valence-electron chi connectivity index (χ4n) is 1.77. The Labute approximate surface area is 116 Å². The summed E-state index contributed by atoms with van der Waals surface area (Å²) in [6.45, 7) is 1.85. The number of aliphatic hydroxyl groups is 2. The molecule has 2 unspecified atom stereocenters. The summed E-state index contributed by atoms with van der Waals surface area (Å²) in [5, 5.41) is 19.9. The Morgan fingerprint density at radius 1 is 1.40 bits per heavy atom. The van der Waals surface area contributed by atoms with Crippen LogP contribution in [0, 0.1) is 0 Å². The van der Waals surface area contributed by atoms with Crippen molar-refractivity contribution < 1.29 is 29.3 Å². The number of aldehydes is 1. The molecule has 1 rings (SSSR count). The van der Waals surface area contributed by atoms with Gasteiger partial charge in [0.05, 0.1) is 26.2 Å². The number of methoxy groups -OCH3 is 1.